The molecule has 0 spiro atoms. The molecule has 0 saturated heterocycles. The summed E-state index contributed by atoms with van der Waals surface area (Å²) in [7, 11) is 2.21. The van der Waals surface area contributed by atoms with E-state index in [2.05, 4.69) is 40.1 Å². The molecule has 0 unspecified atom stereocenters. The molecule has 1 aliphatic heterocycles. The van der Waals surface area contributed by atoms with Gasteiger partial charge in [0.2, 0.25) is 0 Å². The van der Waals surface area contributed by atoms with Crippen molar-refractivity contribution in [3.63, 3.8) is 0 Å². The summed E-state index contributed by atoms with van der Waals surface area (Å²) < 4.78 is 0. The Labute approximate surface area is 163 Å². The van der Waals surface area contributed by atoms with Crippen LogP contribution in [0.5, 0.6) is 5.75 Å². The van der Waals surface area contributed by atoms with E-state index in [0.29, 0.717) is 11.1 Å². The number of hydrogen-bond acceptors (Lipinski definition) is 3. The van der Waals surface area contributed by atoms with Crippen molar-refractivity contribution in [2.45, 2.75) is 31.2 Å². The summed E-state index contributed by atoms with van der Waals surface area (Å²) in [6.45, 7) is 1.00. The minimum Gasteiger partial charge on any atom is -0.506 e. The number of phenols is 1. The number of benzene rings is 2. The van der Waals surface area contributed by atoms with Crippen molar-refractivity contribution in [2.75, 3.05) is 13.6 Å². The number of hydrogen-bond donors (Lipinski definition) is 2. The molecule has 0 saturated carbocycles. The first-order chi connectivity index (χ1) is 13.1. The van der Waals surface area contributed by atoms with E-state index in [1.807, 2.05) is 18.3 Å². The number of imidazole rings is 1. The molecule has 5 heteroatoms. The third-order valence-electron chi connectivity index (χ3n) is 6.22. The molecule has 4 nitrogen and oxygen atoms in total. The Bertz CT molecular complexity index is 999. The second-order valence-corrected chi connectivity index (χ2v) is 8.04. The summed E-state index contributed by atoms with van der Waals surface area (Å²) in [6, 6.07) is 10.8. The van der Waals surface area contributed by atoms with Crippen molar-refractivity contribution in [3.8, 4) is 17.1 Å². The number of aromatic nitrogens is 2. The molecule has 2 aliphatic rings. The van der Waals surface area contributed by atoms with Gasteiger partial charge >= 0.3 is 0 Å². The zero-order valence-electron chi connectivity index (χ0n) is 15.2. The van der Waals surface area contributed by atoms with Gasteiger partial charge in [-0.25, -0.2) is 4.98 Å². The van der Waals surface area contributed by atoms with Crippen LogP contribution in [0, 0.1) is 0 Å². The number of likely N-dealkylation sites (N-methyl/N-ethyl adjacent to an activating group) is 1. The smallest absolute Gasteiger partial charge is 0.137 e. The number of fused-ring (bicyclic) bond motifs is 5. The highest BCUT2D eigenvalue weighted by Gasteiger charge is 2.37. The van der Waals surface area contributed by atoms with Crippen molar-refractivity contribution < 1.29 is 5.11 Å². The molecule has 0 amide bonds. The van der Waals surface area contributed by atoms with E-state index in [9.17, 15) is 5.11 Å². The van der Waals surface area contributed by atoms with Crippen molar-refractivity contribution in [2.24, 2.45) is 0 Å². The molecule has 3 aromatic rings. The van der Waals surface area contributed by atoms with E-state index in [4.69, 9.17) is 11.6 Å². The molecular formula is C22H22ClN3O. The lowest BCUT2D eigenvalue weighted by atomic mass is 9.73. The van der Waals surface area contributed by atoms with Crippen LogP contribution in [-0.2, 0) is 12.8 Å². The molecule has 2 aromatic carbocycles. The quantitative estimate of drug-likeness (QED) is 0.660. The average molecular weight is 380 g/mol. The summed E-state index contributed by atoms with van der Waals surface area (Å²) in [6.07, 6.45) is 6.75. The average Bonchev–Trinajstić information content (AvgIpc) is 3.17. The van der Waals surface area contributed by atoms with E-state index in [1.165, 1.54) is 27.8 Å². The number of halogens is 1. The van der Waals surface area contributed by atoms with Gasteiger partial charge in [0.05, 0.1) is 5.02 Å². The molecule has 1 aromatic heterocycles. The fraction of sp³-hybridized carbons (Fsp3) is 0.318. The molecule has 5 rings (SSSR count). The molecule has 2 heterocycles. The number of aromatic hydroxyl groups is 1. The van der Waals surface area contributed by atoms with Gasteiger partial charge in [0.25, 0.3) is 0 Å². The van der Waals surface area contributed by atoms with Gasteiger partial charge in [-0.3, -0.25) is 0 Å². The number of nitrogens with one attached hydrogen (secondary N) is 1. The SMILES string of the molecule is CN1CCc2cc(Cl)c(O)cc2[C@H]2c3cccc(-c4ncc[nH]4)c3CC[C@@H]21. The van der Waals surface area contributed by atoms with Gasteiger partial charge in [-0.2, -0.15) is 0 Å². The van der Waals surface area contributed by atoms with Crippen molar-refractivity contribution in [1.82, 2.24) is 14.9 Å². The Morgan fingerprint density at radius 3 is 2.93 bits per heavy atom. The minimum atomic E-state index is 0.174. The normalized spacial score (nSPS) is 21.9. The van der Waals surface area contributed by atoms with Crippen LogP contribution in [0.15, 0.2) is 42.7 Å². The van der Waals surface area contributed by atoms with Crippen LogP contribution in [0.4, 0.5) is 0 Å². The van der Waals surface area contributed by atoms with E-state index in [1.54, 1.807) is 6.20 Å². The number of nitrogens with zero attached hydrogens (tertiary/aromatic N) is 2. The van der Waals surface area contributed by atoms with Crippen LogP contribution < -0.4 is 0 Å². The summed E-state index contributed by atoms with van der Waals surface area (Å²) in [5.41, 5.74) is 6.35. The fourth-order valence-electron chi connectivity index (χ4n) is 4.91. The summed E-state index contributed by atoms with van der Waals surface area (Å²) in [4.78, 5) is 10.2. The largest absolute Gasteiger partial charge is 0.506 e. The van der Waals surface area contributed by atoms with Gasteiger partial charge < -0.3 is 15.0 Å². The number of phenolic OH excluding ortho intramolecular Hbond substituents is 1. The Kier molecular flexibility index (Phi) is 3.99. The van der Waals surface area contributed by atoms with Crippen LogP contribution in [0.25, 0.3) is 11.4 Å². The summed E-state index contributed by atoms with van der Waals surface area (Å²) in [5, 5.41) is 10.8. The molecule has 2 atom stereocenters. The highest BCUT2D eigenvalue weighted by molar-refractivity contribution is 6.32. The monoisotopic (exact) mass is 379 g/mol. The van der Waals surface area contributed by atoms with Gasteiger partial charge in [-0.05, 0) is 60.7 Å². The fourth-order valence-corrected chi connectivity index (χ4v) is 5.10. The highest BCUT2D eigenvalue weighted by Crippen LogP contribution is 2.46. The first kappa shape index (κ1) is 16.8. The van der Waals surface area contributed by atoms with Crippen LogP contribution in [-0.4, -0.2) is 39.6 Å². The van der Waals surface area contributed by atoms with E-state index in [-0.39, 0.29) is 11.7 Å². The Morgan fingerprint density at radius 2 is 2.11 bits per heavy atom. The maximum Gasteiger partial charge on any atom is 0.137 e. The van der Waals surface area contributed by atoms with Crippen LogP contribution in [0.3, 0.4) is 0 Å². The lowest BCUT2D eigenvalue weighted by Crippen LogP contribution is -2.39. The van der Waals surface area contributed by atoms with Crippen molar-refractivity contribution in [1.29, 1.82) is 0 Å². The molecule has 27 heavy (non-hydrogen) atoms. The lowest BCUT2D eigenvalue weighted by molar-refractivity contribution is 0.214. The predicted octanol–water partition coefficient (Wildman–Crippen LogP) is 4.37. The molecular weight excluding hydrogens is 358 g/mol. The Balaban J connectivity index is 1.73. The highest BCUT2D eigenvalue weighted by atomic mass is 35.5. The summed E-state index contributed by atoms with van der Waals surface area (Å²) in [5.74, 6) is 1.33. The zero-order chi connectivity index (χ0) is 18.5. The number of aromatic amines is 1. The maximum atomic E-state index is 10.3. The third-order valence-corrected chi connectivity index (χ3v) is 6.52. The second-order valence-electron chi connectivity index (χ2n) is 7.63. The first-order valence-electron chi connectivity index (χ1n) is 9.46. The van der Waals surface area contributed by atoms with E-state index < -0.39 is 0 Å². The number of H-pyrrole nitrogens is 1. The van der Waals surface area contributed by atoms with E-state index in [0.717, 1.165) is 31.6 Å². The predicted molar refractivity (Wildman–Crippen MR) is 107 cm³/mol. The van der Waals surface area contributed by atoms with Gasteiger partial charge in [0.1, 0.15) is 11.6 Å². The van der Waals surface area contributed by atoms with Crippen LogP contribution in [0.1, 0.15) is 34.6 Å². The van der Waals surface area contributed by atoms with Gasteiger partial charge in [0, 0.05) is 36.5 Å². The van der Waals surface area contributed by atoms with Crippen LogP contribution >= 0.6 is 11.6 Å². The Morgan fingerprint density at radius 1 is 1.22 bits per heavy atom. The van der Waals surface area contributed by atoms with E-state index >= 15 is 0 Å². The Hall–Kier alpha value is -2.30. The molecule has 138 valence electrons. The molecule has 2 N–H and O–H groups in total. The lowest BCUT2D eigenvalue weighted by Gasteiger charge is -2.38. The summed E-state index contributed by atoms with van der Waals surface area (Å²) >= 11 is 6.23. The zero-order valence-corrected chi connectivity index (χ0v) is 16.0. The van der Waals surface area contributed by atoms with Gasteiger partial charge in [-0.1, -0.05) is 29.8 Å². The van der Waals surface area contributed by atoms with Gasteiger partial charge in [-0.15, -0.1) is 0 Å². The second kappa shape index (κ2) is 6.39. The molecule has 0 radical (unpaired) electrons. The molecule has 0 bridgehead atoms. The van der Waals surface area contributed by atoms with Gasteiger partial charge in [0.15, 0.2) is 0 Å². The minimum absolute atomic E-state index is 0.174. The topological polar surface area (TPSA) is 52.1 Å². The maximum absolute atomic E-state index is 10.3. The molecule has 1 aliphatic carbocycles. The van der Waals surface area contributed by atoms with Crippen molar-refractivity contribution in [3.05, 3.63) is 70.0 Å². The van der Waals surface area contributed by atoms with Crippen LogP contribution in [0.2, 0.25) is 5.02 Å². The third kappa shape index (κ3) is 2.67. The first-order valence-corrected chi connectivity index (χ1v) is 9.84. The molecule has 0 fully saturated rings. The van der Waals surface area contributed by atoms with Crippen molar-refractivity contribution >= 4 is 11.6 Å². The standard InChI is InChI=1S/C22H22ClN3O/c1-26-10-7-13-11-18(23)20(27)12-17(13)21-15-3-2-4-16(22-24-8-9-25-22)14(15)5-6-19(21)26/h2-4,8-9,11-12,19,21,27H,5-7,10H2,1H3,(H,24,25)/t19-,21+/m0/s1. The number of rotatable bonds is 1.